The maximum atomic E-state index is 13.3. The maximum Gasteiger partial charge on any atom is 0.410 e. The van der Waals surface area contributed by atoms with Crippen molar-refractivity contribution in [2.24, 2.45) is 0 Å². The first-order chi connectivity index (χ1) is 17.1. The number of amides is 1. The third kappa shape index (κ3) is 6.90. The summed E-state index contributed by atoms with van der Waals surface area (Å²) in [4.78, 5) is 14.6. The second-order valence-corrected chi connectivity index (χ2v) is 13.6. The van der Waals surface area contributed by atoms with Gasteiger partial charge in [-0.1, -0.05) is 93.6 Å². The van der Waals surface area contributed by atoms with Crippen LogP contribution in [0.15, 0.2) is 89.8 Å². The number of rotatable bonds is 7. The number of benzene rings is 3. The molecule has 6 nitrogen and oxygen atoms in total. The molecule has 3 aromatic carbocycles. The van der Waals surface area contributed by atoms with Gasteiger partial charge in [0.2, 0.25) is 10.0 Å². The smallest absolute Gasteiger partial charge is 0.410 e. The van der Waals surface area contributed by atoms with Gasteiger partial charge < -0.3 is 9.64 Å². The third-order valence-corrected chi connectivity index (χ3v) is 8.81. The highest BCUT2D eigenvalue weighted by atomic mass is 32.2. The molecule has 1 aliphatic rings. The minimum atomic E-state index is -3.78. The number of thioether (sulfide) groups is 1. The topological polar surface area (TPSA) is 75.7 Å². The van der Waals surface area contributed by atoms with E-state index in [-0.39, 0.29) is 28.0 Å². The molecule has 1 N–H and O–H groups in total. The first-order valence-corrected chi connectivity index (χ1v) is 14.3. The van der Waals surface area contributed by atoms with E-state index in [0.29, 0.717) is 6.54 Å². The van der Waals surface area contributed by atoms with Crippen molar-refractivity contribution in [2.45, 2.75) is 48.3 Å². The first-order valence-electron chi connectivity index (χ1n) is 11.9. The van der Waals surface area contributed by atoms with Gasteiger partial charge in [0.25, 0.3) is 0 Å². The van der Waals surface area contributed by atoms with Gasteiger partial charge in [0, 0.05) is 23.1 Å². The number of sulfonamides is 1. The summed E-state index contributed by atoms with van der Waals surface area (Å²) in [6.07, 6.45) is -0.438. The highest BCUT2D eigenvalue weighted by molar-refractivity contribution is 8.01. The van der Waals surface area contributed by atoms with Crippen molar-refractivity contribution in [2.75, 3.05) is 13.1 Å². The minimum Gasteiger partial charge on any atom is -0.445 e. The molecule has 2 atom stereocenters. The molecule has 1 aliphatic heterocycles. The molecule has 1 saturated heterocycles. The van der Waals surface area contributed by atoms with Crippen molar-refractivity contribution in [1.29, 1.82) is 0 Å². The zero-order chi connectivity index (χ0) is 25.8. The van der Waals surface area contributed by atoms with Crippen LogP contribution in [0, 0.1) is 0 Å². The minimum absolute atomic E-state index is 0.102. The zero-order valence-corrected chi connectivity index (χ0v) is 22.4. The predicted octanol–water partition coefficient (Wildman–Crippen LogP) is 5.55. The molecule has 8 heteroatoms. The molecule has 1 fully saturated rings. The summed E-state index contributed by atoms with van der Waals surface area (Å²) in [6, 6.07) is 25.7. The Kier molecular flexibility index (Phi) is 8.07. The van der Waals surface area contributed by atoms with Gasteiger partial charge in [0.15, 0.2) is 0 Å². The molecule has 0 radical (unpaired) electrons. The number of hydrogen-bond acceptors (Lipinski definition) is 5. The van der Waals surface area contributed by atoms with Crippen LogP contribution < -0.4 is 4.72 Å². The maximum absolute atomic E-state index is 13.3. The van der Waals surface area contributed by atoms with Gasteiger partial charge in [-0.25, -0.2) is 17.9 Å². The lowest BCUT2D eigenvalue weighted by atomic mass is 10.1. The van der Waals surface area contributed by atoms with Gasteiger partial charge in [0.1, 0.15) is 6.61 Å². The fraction of sp³-hybridized carbons (Fsp3) is 0.321. The number of hydrogen-bond donors (Lipinski definition) is 1. The Balaban J connectivity index is 1.46. The van der Waals surface area contributed by atoms with Crippen LogP contribution in [0.4, 0.5) is 4.79 Å². The molecule has 1 amide bonds. The summed E-state index contributed by atoms with van der Waals surface area (Å²) in [5.41, 5.74) is 2.88. The van der Waals surface area contributed by atoms with Crippen LogP contribution >= 0.6 is 11.8 Å². The molecule has 0 aliphatic carbocycles. The molecule has 0 saturated carbocycles. The van der Waals surface area contributed by atoms with Crippen LogP contribution in [0.25, 0.3) is 11.1 Å². The first kappa shape index (κ1) is 26.3. The van der Waals surface area contributed by atoms with Crippen LogP contribution in [0.5, 0.6) is 0 Å². The van der Waals surface area contributed by atoms with Gasteiger partial charge in [-0.3, -0.25) is 0 Å². The lowest BCUT2D eigenvalue weighted by molar-refractivity contribution is 0.104. The van der Waals surface area contributed by atoms with E-state index in [4.69, 9.17) is 4.74 Å². The number of carbonyl (C=O) groups excluding carboxylic acids is 1. The molecule has 4 rings (SSSR count). The SMILES string of the molecule is CC(C)(C)S[C@H]1CN(C(=O)OCc2ccccc2)C[C@@H]1NS(=O)(=O)c1ccc(-c2ccccc2)cc1. The van der Waals surface area contributed by atoms with E-state index in [0.717, 1.165) is 16.7 Å². The fourth-order valence-corrected chi connectivity index (χ4v) is 6.98. The Hall–Kier alpha value is -2.81. The summed E-state index contributed by atoms with van der Waals surface area (Å²) < 4.78 is 34.8. The zero-order valence-electron chi connectivity index (χ0n) is 20.8. The fourth-order valence-electron chi connectivity index (χ4n) is 4.14. The van der Waals surface area contributed by atoms with Gasteiger partial charge >= 0.3 is 6.09 Å². The van der Waals surface area contributed by atoms with Crippen LogP contribution in [-0.2, 0) is 21.4 Å². The van der Waals surface area contributed by atoms with Crippen LogP contribution in [0.2, 0.25) is 0 Å². The predicted molar refractivity (Wildman–Crippen MR) is 145 cm³/mol. The van der Waals surface area contributed by atoms with Gasteiger partial charge in [-0.15, -0.1) is 11.8 Å². The van der Waals surface area contributed by atoms with E-state index in [1.165, 1.54) is 0 Å². The second kappa shape index (κ2) is 11.1. The van der Waals surface area contributed by atoms with Gasteiger partial charge in [-0.2, -0.15) is 0 Å². The Morgan fingerprint density at radius 1 is 0.917 bits per heavy atom. The van der Waals surface area contributed by atoms with Crippen molar-refractivity contribution < 1.29 is 17.9 Å². The molecular formula is C28H32N2O4S2. The number of carbonyl (C=O) groups is 1. The Morgan fingerprint density at radius 3 is 2.11 bits per heavy atom. The van der Waals surface area contributed by atoms with Crippen molar-refractivity contribution >= 4 is 27.9 Å². The van der Waals surface area contributed by atoms with Crippen LogP contribution in [0.3, 0.4) is 0 Å². The summed E-state index contributed by atoms with van der Waals surface area (Å²) in [5.74, 6) is 0. The van der Waals surface area contributed by atoms with Crippen molar-refractivity contribution in [1.82, 2.24) is 9.62 Å². The van der Waals surface area contributed by atoms with E-state index < -0.39 is 22.2 Å². The average molecular weight is 525 g/mol. The quantitative estimate of drug-likeness (QED) is 0.438. The highest BCUT2D eigenvalue weighted by Crippen LogP contribution is 2.34. The monoisotopic (exact) mass is 524 g/mol. The third-order valence-electron chi connectivity index (χ3n) is 5.81. The Bertz CT molecular complexity index is 1260. The number of nitrogens with one attached hydrogen (secondary N) is 1. The van der Waals surface area contributed by atoms with Crippen molar-refractivity contribution in [3.8, 4) is 11.1 Å². The average Bonchev–Trinajstić information content (AvgIpc) is 3.23. The normalized spacial score (nSPS) is 18.2. The number of ether oxygens (including phenoxy) is 1. The van der Waals surface area contributed by atoms with Gasteiger partial charge in [-0.05, 0) is 28.8 Å². The lowest BCUT2D eigenvalue weighted by Crippen LogP contribution is -2.43. The molecule has 0 unspecified atom stereocenters. The highest BCUT2D eigenvalue weighted by Gasteiger charge is 2.40. The van der Waals surface area contributed by atoms with Crippen LogP contribution in [-0.4, -0.2) is 48.5 Å². The van der Waals surface area contributed by atoms with E-state index in [2.05, 4.69) is 25.5 Å². The summed E-state index contributed by atoms with van der Waals surface area (Å²) in [5, 5.41) is -0.104. The molecule has 190 valence electrons. The molecule has 36 heavy (non-hydrogen) atoms. The number of nitrogens with zero attached hydrogens (tertiary/aromatic N) is 1. The molecular weight excluding hydrogens is 492 g/mol. The van der Waals surface area contributed by atoms with E-state index in [9.17, 15) is 13.2 Å². The van der Waals surface area contributed by atoms with Gasteiger partial charge in [0.05, 0.1) is 10.9 Å². The molecule has 1 heterocycles. The molecule has 3 aromatic rings. The molecule has 0 aromatic heterocycles. The van der Waals surface area contributed by atoms with Crippen LogP contribution in [0.1, 0.15) is 26.3 Å². The summed E-state index contributed by atoms with van der Waals surface area (Å²) >= 11 is 1.67. The molecule has 0 spiro atoms. The summed E-state index contributed by atoms with van der Waals surface area (Å²) in [7, 11) is -3.78. The van der Waals surface area contributed by atoms with E-state index >= 15 is 0 Å². The van der Waals surface area contributed by atoms with Crippen molar-refractivity contribution in [3.05, 3.63) is 90.5 Å². The standard InChI is InChI=1S/C28H32N2O4S2/c1-28(2,3)35-26-19-30(27(31)34-20-21-10-6-4-7-11-21)18-25(26)29-36(32,33)24-16-14-23(15-17-24)22-12-8-5-9-13-22/h4-17,25-26,29H,18-20H2,1-3H3/t25-,26-/m0/s1. The Labute approximate surface area is 218 Å². The second-order valence-electron chi connectivity index (χ2n) is 9.83. The lowest BCUT2D eigenvalue weighted by Gasteiger charge is -2.26. The molecule has 0 bridgehead atoms. The van der Waals surface area contributed by atoms with E-state index in [1.807, 2.05) is 72.8 Å². The largest absolute Gasteiger partial charge is 0.445 e. The van der Waals surface area contributed by atoms with E-state index in [1.54, 1.807) is 28.8 Å². The van der Waals surface area contributed by atoms with Crippen molar-refractivity contribution in [3.63, 3.8) is 0 Å². The summed E-state index contributed by atoms with van der Waals surface area (Å²) in [6.45, 7) is 7.10. The Morgan fingerprint density at radius 2 is 1.50 bits per heavy atom. The number of likely N-dealkylation sites (tertiary alicyclic amines) is 1.